The average molecular weight is 488 g/mol. The lowest BCUT2D eigenvalue weighted by Crippen LogP contribution is -2.41. The second-order valence-corrected chi connectivity index (χ2v) is 8.67. The summed E-state index contributed by atoms with van der Waals surface area (Å²) in [5.41, 5.74) is 2.77. The molecule has 0 aromatic heterocycles. The Morgan fingerprint density at radius 1 is 1.00 bits per heavy atom. The maximum atomic E-state index is 12.9. The molecule has 31 heavy (non-hydrogen) atoms. The first-order valence-corrected chi connectivity index (χ1v) is 11.7. The number of Topliss-reactive ketones (excluding diaryl/α,β-unsaturated/α-hetero) is 1. The average Bonchev–Trinajstić information content (AvgIpc) is 2.77. The van der Waals surface area contributed by atoms with Crippen LogP contribution in [0.4, 0.5) is 0 Å². The van der Waals surface area contributed by atoms with Gasteiger partial charge in [0, 0.05) is 29.0 Å². The van der Waals surface area contributed by atoms with Crippen molar-refractivity contribution in [3.05, 3.63) is 57.6 Å². The molecule has 0 radical (unpaired) electrons. The van der Waals surface area contributed by atoms with Gasteiger partial charge in [0.05, 0.1) is 19.6 Å². The Morgan fingerprint density at radius 3 is 2.16 bits per heavy atom. The number of benzene rings is 2. The zero-order valence-corrected chi connectivity index (χ0v) is 20.0. The third-order valence-corrected chi connectivity index (χ3v) is 6.35. The number of ketones is 1. The highest BCUT2D eigenvalue weighted by Gasteiger charge is 2.28. The van der Waals surface area contributed by atoms with Gasteiger partial charge in [0.25, 0.3) is 0 Å². The van der Waals surface area contributed by atoms with Gasteiger partial charge in [0.15, 0.2) is 17.3 Å². The van der Waals surface area contributed by atoms with Gasteiger partial charge < -0.3 is 14.4 Å². The smallest absolute Gasteiger partial charge is 0.227 e. The van der Waals surface area contributed by atoms with Crippen LogP contribution in [0, 0.1) is 12.8 Å². The summed E-state index contributed by atoms with van der Waals surface area (Å²) in [5.74, 6) is 1.55. The van der Waals surface area contributed by atoms with E-state index in [1.165, 1.54) is 0 Å². The van der Waals surface area contributed by atoms with Gasteiger partial charge in [0.1, 0.15) is 0 Å². The minimum atomic E-state index is -0.0199. The van der Waals surface area contributed by atoms with Crippen molar-refractivity contribution in [1.82, 2.24) is 4.90 Å². The van der Waals surface area contributed by atoms with E-state index in [1.54, 1.807) is 0 Å². The van der Waals surface area contributed by atoms with E-state index in [0.717, 1.165) is 21.2 Å². The molecule has 0 saturated carbocycles. The minimum absolute atomic E-state index is 0.0199. The molecular formula is C25H30BrNO4. The normalized spacial score (nSPS) is 14.4. The molecule has 1 fully saturated rings. The SMILES string of the molecule is CCOc1cc(Br)c(CC(=O)N2CCC(C(=O)c3ccc(C)cc3)CC2)cc1OCC. The molecular weight excluding hydrogens is 458 g/mol. The summed E-state index contributed by atoms with van der Waals surface area (Å²) in [6.07, 6.45) is 1.68. The fraction of sp³-hybridized carbons (Fsp3) is 0.440. The van der Waals surface area contributed by atoms with E-state index >= 15 is 0 Å². The van der Waals surface area contributed by atoms with Gasteiger partial charge in [-0.3, -0.25) is 9.59 Å². The maximum Gasteiger partial charge on any atom is 0.227 e. The number of carbonyl (C=O) groups is 2. The van der Waals surface area contributed by atoms with E-state index in [1.807, 2.05) is 62.1 Å². The number of hydrogen-bond acceptors (Lipinski definition) is 4. The van der Waals surface area contributed by atoms with Crippen LogP contribution in [-0.2, 0) is 11.2 Å². The van der Waals surface area contributed by atoms with E-state index in [4.69, 9.17) is 9.47 Å². The molecule has 1 heterocycles. The molecule has 1 aliphatic heterocycles. The van der Waals surface area contributed by atoms with Gasteiger partial charge in [-0.2, -0.15) is 0 Å². The van der Waals surface area contributed by atoms with Gasteiger partial charge in [-0.15, -0.1) is 0 Å². The molecule has 0 unspecified atom stereocenters. The summed E-state index contributed by atoms with van der Waals surface area (Å²) in [4.78, 5) is 27.6. The number of amides is 1. The second kappa shape index (κ2) is 10.8. The van der Waals surface area contributed by atoms with E-state index in [9.17, 15) is 9.59 Å². The molecule has 2 aromatic carbocycles. The fourth-order valence-corrected chi connectivity index (χ4v) is 4.33. The Labute approximate surface area is 192 Å². The lowest BCUT2D eigenvalue weighted by atomic mass is 9.88. The molecule has 0 spiro atoms. The van der Waals surface area contributed by atoms with Gasteiger partial charge >= 0.3 is 0 Å². The van der Waals surface area contributed by atoms with Crippen LogP contribution in [0.2, 0.25) is 0 Å². The first-order valence-electron chi connectivity index (χ1n) is 10.9. The van der Waals surface area contributed by atoms with Crippen molar-refractivity contribution in [3.63, 3.8) is 0 Å². The molecule has 1 aliphatic rings. The Hall–Kier alpha value is -2.34. The minimum Gasteiger partial charge on any atom is -0.490 e. The molecule has 0 aliphatic carbocycles. The van der Waals surface area contributed by atoms with Gasteiger partial charge in [-0.1, -0.05) is 45.8 Å². The fourth-order valence-electron chi connectivity index (χ4n) is 3.87. The van der Waals surface area contributed by atoms with Crippen molar-refractivity contribution in [1.29, 1.82) is 0 Å². The molecule has 166 valence electrons. The zero-order valence-electron chi connectivity index (χ0n) is 18.4. The standard InChI is InChI=1S/C25H30BrNO4/c1-4-30-22-14-20(21(26)16-23(22)31-5-2)15-24(28)27-12-10-19(11-13-27)25(29)18-8-6-17(3)7-9-18/h6-9,14,16,19H,4-5,10-13,15H2,1-3H3. The van der Waals surface area contributed by atoms with Crippen LogP contribution in [0.3, 0.4) is 0 Å². The molecule has 5 nitrogen and oxygen atoms in total. The summed E-state index contributed by atoms with van der Waals surface area (Å²) in [7, 11) is 0. The van der Waals surface area contributed by atoms with Crippen LogP contribution in [0.5, 0.6) is 11.5 Å². The summed E-state index contributed by atoms with van der Waals surface area (Å²) < 4.78 is 12.2. The third kappa shape index (κ3) is 5.88. The molecule has 1 amide bonds. The van der Waals surface area contributed by atoms with Crippen molar-refractivity contribution < 1.29 is 19.1 Å². The topological polar surface area (TPSA) is 55.8 Å². The van der Waals surface area contributed by atoms with E-state index in [-0.39, 0.29) is 24.0 Å². The Balaban J connectivity index is 1.61. The van der Waals surface area contributed by atoms with Crippen LogP contribution in [0.25, 0.3) is 0 Å². The summed E-state index contributed by atoms with van der Waals surface area (Å²) in [6.45, 7) is 8.14. The number of likely N-dealkylation sites (tertiary alicyclic amines) is 1. The summed E-state index contributed by atoms with van der Waals surface area (Å²) >= 11 is 3.56. The third-order valence-electron chi connectivity index (χ3n) is 5.61. The molecule has 3 rings (SSSR count). The highest BCUT2D eigenvalue weighted by molar-refractivity contribution is 9.10. The van der Waals surface area contributed by atoms with Crippen LogP contribution in [-0.4, -0.2) is 42.9 Å². The first-order chi connectivity index (χ1) is 14.9. The summed E-state index contributed by atoms with van der Waals surface area (Å²) in [5, 5.41) is 0. The maximum absolute atomic E-state index is 12.9. The van der Waals surface area contributed by atoms with Crippen LogP contribution >= 0.6 is 15.9 Å². The van der Waals surface area contributed by atoms with E-state index in [0.29, 0.717) is 50.6 Å². The number of halogens is 1. The summed E-state index contributed by atoms with van der Waals surface area (Å²) in [6, 6.07) is 11.5. The van der Waals surface area contributed by atoms with Crippen molar-refractivity contribution >= 4 is 27.6 Å². The number of nitrogens with zero attached hydrogens (tertiary/aromatic N) is 1. The molecule has 0 atom stereocenters. The Morgan fingerprint density at radius 2 is 1.58 bits per heavy atom. The first kappa shape index (κ1) is 23.3. The lowest BCUT2D eigenvalue weighted by Gasteiger charge is -2.31. The molecule has 0 N–H and O–H groups in total. The Kier molecular flexibility index (Phi) is 8.13. The number of rotatable bonds is 8. The lowest BCUT2D eigenvalue weighted by molar-refractivity contribution is -0.131. The van der Waals surface area contributed by atoms with Gasteiger partial charge in [0.2, 0.25) is 5.91 Å². The molecule has 6 heteroatoms. The van der Waals surface area contributed by atoms with Crippen LogP contribution in [0.15, 0.2) is 40.9 Å². The molecule has 2 aromatic rings. The number of carbonyl (C=O) groups excluding carboxylic acids is 2. The van der Waals surface area contributed by atoms with Crippen molar-refractivity contribution in [2.24, 2.45) is 5.92 Å². The van der Waals surface area contributed by atoms with Gasteiger partial charge in [-0.25, -0.2) is 0 Å². The highest BCUT2D eigenvalue weighted by Crippen LogP contribution is 2.34. The van der Waals surface area contributed by atoms with E-state index in [2.05, 4.69) is 15.9 Å². The van der Waals surface area contributed by atoms with Crippen molar-refractivity contribution in [3.8, 4) is 11.5 Å². The monoisotopic (exact) mass is 487 g/mol. The number of ether oxygens (including phenoxy) is 2. The van der Waals surface area contributed by atoms with E-state index < -0.39 is 0 Å². The van der Waals surface area contributed by atoms with Crippen molar-refractivity contribution in [2.45, 2.75) is 40.0 Å². The predicted octanol–water partition coefficient (Wildman–Crippen LogP) is 5.22. The largest absolute Gasteiger partial charge is 0.490 e. The molecule has 1 saturated heterocycles. The molecule has 0 bridgehead atoms. The quantitative estimate of drug-likeness (QED) is 0.479. The van der Waals surface area contributed by atoms with Crippen molar-refractivity contribution in [2.75, 3.05) is 26.3 Å². The number of piperidine rings is 1. The van der Waals surface area contributed by atoms with Crippen LogP contribution < -0.4 is 9.47 Å². The van der Waals surface area contributed by atoms with Gasteiger partial charge in [-0.05, 0) is 51.3 Å². The van der Waals surface area contributed by atoms with Crippen LogP contribution in [0.1, 0.15) is 48.2 Å². The zero-order chi connectivity index (χ0) is 22.4. The number of hydrogen-bond donors (Lipinski definition) is 0. The second-order valence-electron chi connectivity index (χ2n) is 7.82. The Bertz CT molecular complexity index is 918. The predicted molar refractivity (Wildman–Crippen MR) is 125 cm³/mol. The number of aryl methyl sites for hydroxylation is 1. The highest BCUT2D eigenvalue weighted by atomic mass is 79.9.